The van der Waals surface area contributed by atoms with Crippen LogP contribution in [0.2, 0.25) is 0 Å². The number of fused-ring (bicyclic) bond motifs is 1. The Morgan fingerprint density at radius 1 is 0.986 bits per heavy atom. The van der Waals surface area contributed by atoms with Crippen LogP contribution < -0.4 is 35.4 Å². The molecule has 0 bridgehead atoms. The zero-order valence-corrected chi connectivity index (χ0v) is 42.1. The molecule has 2 fully saturated rings. The van der Waals surface area contributed by atoms with Crippen molar-refractivity contribution in [3.8, 4) is 23.0 Å². The van der Waals surface area contributed by atoms with Gasteiger partial charge in [-0.1, -0.05) is 17.3 Å². The van der Waals surface area contributed by atoms with Crippen LogP contribution in [0.1, 0.15) is 60.9 Å². The van der Waals surface area contributed by atoms with Crippen molar-refractivity contribution < 1.29 is 61.1 Å². The van der Waals surface area contributed by atoms with Crippen molar-refractivity contribution in [1.29, 1.82) is 0 Å². The van der Waals surface area contributed by atoms with E-state index in [9.17, 15) is 33.0 Å². The maximum atomic E-state index is 14.5. The maximum absolute atomic E-state index is 14.5. The fraction of sp³-hybridized carbons (Fsp3) is 0.404. The number of likely N-dealkylation sites (tertiary alicyclic amines) is 1. The number of anilines is 1. The third-order valence-corrected chi connectivity index (χ3v) is 15.2. The van der Waals surface area contributed by atoms with Crippen LogP contribution in [0.3, 0.4) is 0 Å². The average Bonchev–Trinajstić information content (AvgIpc) is 3.80. The standard InChI is InChI=1S/C47H53BN8O13S2/c1-26(57)47(2,3)69-52-38(32-24-70-46(49)50-32)41(59)51-39-43(61)55-40(45(62)68-48)34(25-71(63)44(39)55)56(4,5)29-15-17-53(18-16-29)42(60)33-20-35(58)37(67-23-27-9-12-30(64-6)13-10-27)22-54(33)21-28-11-14-31(65-7)19-36(28)66-8/h9-14,19-20,22,24,29,39,44H,15-18,21,23,25H2,1-8H3,(H2-,49,50,51,59)/p+1/b52-38-/t39-,44-,71?/m1/s1. The molecule has 374 valence electrons. The molecule has 1 unspecified atom stereocenters. The molecule has 3 N–H and O–H groups in total. The van der Waals surface area contributed by atoms with Gasteiger partial charge in [0.1, 0.15) is 52.4 Å². The summed E-state index contributed by atoms with van der Waals surface area (Å²) in [5, 5.41) is 6.82. The quantitative estimate of drug-likeness (QED) is 0.0477. The molecule has 0 saturated carbocycles. The monoisotopic (exact) mass is 1010 g/mol. The molecule has 5 heterocycles. The van der Waals surface area contributed by atoms with Crippen molar-refractivity contribution in [3.05, 3.63) is 104 Å². The molecule has 0 aliphatic carbocycles. The van der Waals surface area contributed by atoms with Crippen LogP contribution in [-0.4, -0.2) is 149 Å². The van der Waals surface area contributed by atoms with Gasteiger partial charge in [-0.25, -0.2) is 9.78 Å². The van der Waals surface area contributed by atoms with E-state index >= 15 is 0 Å². The van der Waals surface area contributed by atoms with Crippen LogP contribution in [0.4, 0.5) is 5.13 Å². The Morgan fingerprint density at radius 2 is 1.66 bits per heavy atom. The SMILES string of the molecule is [B]OC(=O)C1=C([N+](C)(C)C2CCN(C(=O)c3cc(=O)c(OCc4ccc(OC)cc4)cn3Cc3ccc(OC)cc3OC)CC2)CS(=O)[C@@H]2[C@H](NC(=O)/C(=N\OC(C)(C)C(C)=O)c3csc(N)n3)C(=O)N12. The van der Waals surface area contributed by atoms with E-state index in [0.717, 1.165) is 21.8 Å². The second-order valence-electron chi connectivity index (χ2n) is 17.8. The highest BCUT2D eigenvalue weighted by molar-refractivity contribution is 7.86. The number of ketones is 1. The van der Waals surface area contributed by atoms with Gasteiger partial charge >= 0.3 is 14.0 Å². The molecule has 4 aromatic rings. The number of pyridine rings is 1. The van der Waals surface area contributed by atoms with E-state index in [0.29, 0.717) is 41.4 Å². The number of nitrogens with zero attached hydrogens (tertiary/aromatic N) is 6. The molecule has 3 aliphatic rings. The van der Waals surface area contributed by atoms with Crippen LogP contribution in [0, 0.1) is 0 Å². The number of rotatable bonds is 18. The third-order valence-electron chi connectivity index (χ3n) is 12.9. The summed E-state index contributed by atoms with van der Waals surface area (Å²) in [5.41, 5.74) is 5.21. The van der Waals surface area contributed by atoms with Gasteiger partial charge < -0.3 is 49.0 Å². The number of carbonyl (C=O) groups is 5. The fourth-order valence-electron chi connectivity index (χ4n) is 8.40. The fourth-order valence-corrected chi connectivity index (χ4v) is 10.8. The summed E-state index contributed by atoms with van der Waals surface area (Å²) in [6, 6.07) is 12.1. The smallest absolute Gasteiger partial charge is 0.378 e. The third kappa shape index (κ3) is 10.7. The van der Waals surface area contributed by atoms with E-state index in [4.69, 9.17) is 42.2 Å². The molecule has 24 heteroatoms. The molecule has 3 atom stereocenters. The number of β-lactam (4-membered cyclic amide) rings is 1. The van der Waals surface area contributed by atoms with E-state index in [-0.39, 0.29) is 76.3 Å². The summed E-state index contributed by atoms with van der Waals surface area (Å²) < 4.78 is 42.8. The lowest BCUT2D eigenvalue weighted by molar-refractivity contribution is -0.880. The Labute approximate surface area is 416 Å². The Hall–Kier alpha value is -7.05. The number of piperidine rings is 1. The number of Topliss-reactive ketones (excluding diaryl/α,β-unsaturated/α-hetero) is 1. The van der Waals surface area contributed by atoms with Gasteiger partial charge in [0.25, 0.3) is 17.7 Å². The molecule has 2 aromatic heterocycles. The summed E-state index contributed by atoms with van der Waals surface area (Å²) in [7, 11) is 11.8. The van der Waals surface area contributed by atoms with Gasteiger partial charge in [-0.2, -0.15) is 0 Å². The molecule has 2 aromatic carbocycles. The van der Waals surface area contributed by atoms with Crippen molar-refractivity contribution in [2.45, 2.75) is 69.8 Å². The van der Waals surface area contributed by atoms with Gasteiger partial charge in [0, 0.05) is 49.0 Å². The number of aromatic nitrogens is 2. The van der Waals surface area contributed by atoms with Crippen molar-refractivity contribution >= 4 is 70.5 Å². The second-order valence-corrected chi connectivity index (χ2v) is 20.3. The van der Waals surface area contributed by atoms with Crippen molar-refractivity contribution in [3.63, 3.8) is 0 Å². The predicted octanol–water partition coefficient (Wildman–Crippen LogP) is 2.26. The van der Waals surface area contributed by atoms with Crippen LogP contribution in [0.25, 0.3) is 0 Å². The van der Waals surface area contributed by atoms with Crippen molar-refractivity contribution in [2.75, 3.05) is 60.0 Å². The van der Waals surface area contributed by atoms with Gasteiger partial charge in [-0.15, -0.1) is 11.3 Å². The van der Waals surface area contributed by atoms with Crippen molar-refractivity contribution in [2.24, 2.45) is 5.16 Å². The zero-order valence-electron chi connectivity index (χ0n) is 40.4. The number of nitrogens with one attached hydrogen (secondary N) is 1. The Morgan fingerprint density at radius 3 is 2.27 bits per heavy atom. The number of carbonyl (C=O) groups excluding carboxylic acids is 5. The molecule has 71 heavy (non-hydrogen) atoms. The van der Waals surface area contributed by atoms with E-state index < -0.39 is 62.6 Å². The normalized spacial score (nSPS) is 18.5. The summed E-state index contributed by atoms with van der Waals surface area (Å²) in [6.07, 6.45) is 2.29. The first-order valence-corrected chi connectivity index (χ1v) is 24.5. The number of oxime groups is 1. The van der Waals surface area contributed by atoms with Gasteiger partial charge in [0.15, 0.2) is 39.4 Å². The minimum absolute atomic E-state index is 0.00638. The molecule has 2 saturated heterocycles. The predicted molar refractivity (Wildman–Crippen MR) is 261 cm³/mol. The first kappa shape index (κ1) is 51.8. The number of nitrogens with two attached hydrogens (primary N) is 1. The summed E-state index contributed by atoms with van der Waals surface area (Å²) in [6.45, 7) is 4.88. The number of hydrogen-bond donors (Lipinski definition) is 2. The minimum atomic E-state index is -1.88. The van der Waals surface area contributed by atoms with Crippen LogP contribution in [0.15, 0.2) is 81.5 Å². The van der Waals surface area contributed by atoms with Gasteiger partial charge in [0.05, 0.1) is 65.0 Å². The second kappa shape index (κ2) is 21.1. The Kier molecular flexibility index (Phi) is 15.4. The first-order chi connectivity index (χ1) is 33.7. The largest absolute Gasteiger partial charge is 0.539 e. The molecule has 3 aliphatic heterocycles. The highest BCUT2D eigenvalue weighted by Crippen LogP contribution is 2.40. The van der Waals surface area contributed by atoms with Crippen LogP contribution in [0.5, 0.6) is 23.0 Å². The lowest BCUT2D eigenvalue weighted by Crippen LogP contribution is -2.75. The number of amides is 3. The number of hydrogen-bond acceptors (Lipinski definition) is 17. The molecule has 7 rings (SSSR count). The number of nitrogen functional groups attached to an aromatic ring is 1. The topological polar surface area (TPSA) is 250 Å². The Balaban J connectivity index is 1.11. The van der Waals surface area contributed by atoms with E-state index in [2.05, 4.69) is 15.5 Å². The highest BCUT2D eigenvalue weighted by Gasteiger charge is 2.60. The summed E-state index contributed by atoms with van der Waals surface area (Å²) in [5.74, 6) is -1.98. The molecule has 3 amide bonds. The van der Waals surface area contributed by atoms with Gasteiger partial charge in [-0.05, 0) is 50.6 Å². The van der Waals surface area contributed by atoms with Crippen LogP contribution >= 0.6 is 11.3 Å². The number of methoxy groups -OCH3 is 3. The van der Waals surface area contributed by atoms with E-state index in [1.165, 1.54) is 52.6 Å². The van der Waals surface area contributed by atoms with E-state index in [1.54, 1.807) is 54.9 Å². The summed E-state index contributed by atoms with van der Waals surface area (Å²) >= 11 is 1.02. The molecule has 2 radical (unpaired) electrons. The van der Waals surface area contributed by atoms with E-state index in [1.807, 2.05) is 18.2 Å². The van der Waals surface area contributed by atoms with Crippen molar-refractivity contribution in [1.82, 2.24) is 24.7 Å². The minimum Gasteiger partial charge on any atom is -0.539 e. The van der Waals surface area contributed by atoms with Gasteiger partial charge in [-0.3, -0.25) is 37.6 Å². The molecular weight excluding hydrogens is 960 g/mol. The number of thiazole rings is 1. The highest BCUT2D eigenvalue weighted by atomic mass is 32.2. The average molecular weight is 1010 g/mol. The Bertz CT molecular complexity index is 2890. The maximum Gasteiger partial charge on any atom is 0.378 e. The lowest BCUT2D eigenvalue weighted by Gasteiger charge is -2.52. The number of quaternary nitrogens is 1. The molecular formula is C47H54BN8O13S2+. The number of benzene rings is 2. The molecule has 0 spiro atoms. The lowest BCUT2D eigenvalue weighted by atomic mass is 9.98. The molecule has 21 nitrogen and oxygen atoms in total. The van der Waals surface area contributed by atoms with Crippen LogP contribution in [-0.2, 0) is 52.6 Å². The summed E-state index contributed by atoms with van der Waals surface area (Å²) in [4.78, 5) is 93.8. The first-order valence-electron chi connectivity index (χ1n) is 22.2. The number of ether oxygens (including phenoxy) is 4. The zero-order chi connectivity index (χ0) is 51.5. The van der Waals surface area contributed by atoms with Gasteiger partial charge in [0.2, 0.25) is 5.43 Å².